The first-order chi connectivity index (χ1) is 9.02. The number of aliphatic carboxylic acids is 1. The van der Waals surface area contributed by atoms with E-state index >= 15 is 0 Å². The van der Waals surface area contributed by atoms with Gasteiger partial charge in [0.1, 0.15) is 0 Å². The molecule has 19 heavy (non-hydrogen) atoms. The van der Waals surface area contributed by atoms with Crippen LogP contribution in [0.5, 0.6) is 0 Å². The Morgan fingerprint density at radius 1 is 1.32 bits per heavy atom. The van der Waals surface area contributed by atoms with E-state index in [4.69, 9.17) is 5.11 Å². The first kappa shape index (κ1) is 13.6. The molecule has 1 amide bonds. The predicted molar refractivity (Wildman–Crippen MR) is 73.0 cm³/mol. The minimum atomic E-state index is -0.882. The third kappa shape index (κ3) is 3.13. The number of hydrogen-bond donors (Lipinski definition) is 2. The van der Waals surface area contributed by atoms with Gasteiger partial charge in [-0.15, -0.1) is 0 Å². The summed E-state index contributed by atoms with van der Waals surface area (Å²) in [5, 5.41) is 11.6. The third-order valence-corrected chi connectivity index (χ3v) is 3.80. The molecule has 1 fully saturated rings. The normalized spacial score (nSPS) is 22.6. The van der Waals surface area contributed by atoms with Crippen LogP contribution >= 0.6 is 0 Å². The van der Waals surface area contributed by atoms with Crippen molar-refractivity contribution in [3.05, 3.63) is 29.8 Å². The summed E-state index contributed by atoms with van der Waals surface area (Å²) < 4.78 is 0. The van der Waals surface area contributed by atoms with Gasteiger partial charge in [-0.1, -0.05) is 26.0 Å². The van der Waals surface area contributed by atoms with E-state index < -0.39 is 11.9 Å². The molecule has 0 radical (unpaired) electrons. The molecule has 1 saturated carbocycles. The van der Waals surface area contributed by atoms with E-state index in [0.717, 1.165) is 12.1 Å². The van der Waals surface area contributed by atoms with E-state index in [9.17, 15) is 9.59 Å². The molecular weight excluding hydrogens is 242 g/mol. The summed E-state index contributed by atoms with van der Waals surface area (Å²) in [6, 6.07) is 7.76. The number of carbonyl (C=O) groups excluding carboxylic acids is 1. The summed E-state index contributed by atoms with van der Waals surface area (Å²) in [6.07, 6.45) is 1.53. The number of amides is 1. The lowest BCUT2D eigenvalue weighted by molar-refractivity contribution is -0.139. The molecule has 0 aromatic heterocycles. The number of carbonyl (C=O) groups is 2. The fraction of sp³-hybridized carbons (Fsp3) is 0.467. The Balaban J connectivity index is 1.93. The van der Waals surface area contributed by atoms with Gasteiger partial charge in [-0.25, -0.2) is 0 Å². The Kier molecular flexibility index (Phi) is 3.88. The maximum atomic E-state index is 11.8. The van der Waals surface area contributed by atoms with Gasteiger partial charge in [0.15, 0.2) is 0 Å². The zero-order valence-electron chi connectivity index (χ0n) is 11.2. The van der Waals surface area contributed by atoms with Gasteiger partial charge in [0.2, 0.25) is 5.91 Å². The molecule has 1 unspecified atom stereocenters. The fourth-order valence-electron chi connectivity index (χ4n) is 2.12. The third-order valence-electron chi connectivity index (χ3n) is 3.80. The van der Waals surface area contributed by atoms with Crippen LogP contribution in [0.15, 0.2) is 24.3 Å². The molecule has 102 valence electrons. The van der Waals surface area contributed by atoms with Gasteiger partial charge in [0.05, 0.1) is 11.8 Å². The fourth-order valence-corrected chi connectivity index (χ4v) is 2.12. The lowest BCUT2D eigenvalue weighted by Gasteiger charge is -2.10. The summed E-state index contributed by atoms with van der Waals surface area (Å²) in [5.74, 6) is -1.44. The van der Waals surface area contributed by atoms with E-state index in [-0.39, 0.29) is 11.8 Å². The van der Waals surface area contributed by atoms with Crippen molar-refractivity contribution < 1.29 is 14.7 Å². The van der Waals surface area contributed by atoms with E-state index in [1.807, 2.05) is 24.3 Å². The minimum Gasteiger partial charge on any atom is -0.481 e. The molecule has 1 aromatic rings. The van der Waals surface area contributed by atoms with E-state index in [1.54, 1.807) is 0 Å². The van der Waals surface area contributed by atoms with Crippen molar-refractivity contribution in [1.82, 2.24) is 0 Å². The molecule has 2 rings (SSSR count). The lowest BCUT2D eigenvalue weighted by Crippen LogP contribution is -2.16. The largest absolute Gasteiger partial charge is 0.481 e. The van der Waals surface area contributed by atoms with Crippen molar-refractivity contribution >= 4 is 17.6 Å². The summed E-state index contributed by atoms with van der Waals surface area (Å²) in [4.78, 5) is 22.5. The van der Waals surface area contributed by atoms with E-state index in [1.165, 1.54) is 5.56 Å². The minimum absolute atomic E-state index is 0.191. The molecular formula is C15H19NO3. The molecule has 0 aliphatic heterocycles. The molecule has 1 aliphatic carbocycles. The van der Waals surface area contributed by atoms with Crippen LogP contribution in [0.3, 0.4) is 0 Å². The van der Waals surface area contributed by atoms with Crippen LogP contribution in [0.1, 0.15) is 38.2 Å². The molecule has 1 aromatic carbocycles. The van der Waals surface area contributed by atoms with Crippen LogP contribution in [0.2, 0.25) is 0 Å². The average Bonchev–Trinajstić information content (AvgIpc) is 3.19. The van der Waals surface area contributed by atoms with Crippen LogP contribution in [0, 0.1) is 11.8 Å². The van der Waals surface area contributed by atoms with Gasteiger partial charge in [-0.05, 0) is 36.5 Å². The highest BCUT2D eigenvalue weighted by Crippen LogP contribution is 2.39. The molecule has 0 bridgehead atoms. The van der Waals surface area contributed by atoms with Crippen molar-refractivity contribution in [2.75, 3.05) is 5.32 Å². The van der Waals surface area contributed by atoms with Gasteiger partial charge in [-0.3, -0.25) is 9.59 Å². The Morgan fingerprint density at radius 2 is 1.95 bits per heavy atom. The number of benzene rings is 1. The Hall–Kier alpha value is -1.84. The molecule has 4 heteroatoms. The van der Waals surface area contributed by atoms with Crippen molar-refractivity contribution in [2.24, 2.45) is 11.8 Å². The molecule has 0 spiro atoms. The van der Waals surface area contributed by atoms with Crippen LogP contribution in [-0.2, 0) is 9.59 Å². The van der Waals surface area contributed by atoms with Crippen molar-refractivity contribution in [1.29, 1.82) is 0 Å². The first-order valence-corrected chi connectivity index (χ1v) is 6.66. The zero-order chi connectivity index (χ0) is 14.0. The molecule has 3 atom stereocenters. The Morgan fingerprint density at radius 3 is 2.42 bits per heavy atom. The maximum absolute atomic E-state index is 11.8. The number of carboxylic acids is 1. The number of hydrogen-bond acceptors (Lipinski definition) is 2. The number of nitrogens with one attached hydrogen (secondary N) is 1. The van der Waals surface area contributed by atoms with Gasteiger partial charge in [0, 0.05) is 5.69 Å². The second kappa shape index (κ2) is 5.43. The van der Waals surface area contributed by atoms with Crippen molar-refractivity contribution in [3.8, 4) is 0 Å². The lowest BCUT2D eigenvalue weighted by atomic mass is 9.99. The highest BCUT2D eigenvalue weighted by atomic mass is 16.4. The summed E-state index contributed by atoms with van der Waals surface area (Å²) in [6.45, 7) is 4.30. The van der Waals surface area contributed by atoms with E-state index in [2.05, 4.69) is 19.2 Å². The number of anilines is 1. The van der Waals surface area contributed by atoms with Gasteiger partial charge in [0.25, 0.3) is 0 Å². The topological polar surface area (TPSA) is 66.4 Å². The van der Waals surface area contributed by atoms with Crippen molar-refractivity contribution in [3.63, 3.8) is 0 Å². The second-order valence-electron chi connectivity index (χ2n) is 5.21. The van der Waals surface area contributed by atoms with Gasteiger partial charge < -0.3 is 10.4 Å². The van der Waals surface area contributed by atoms with Crippen LogP contribution in [-0.4, -0.2) is 17.0 Å². The molecule has 0 saturated heterocycles. The molecule has 1 aliphatic rings. The molecule has 0 heterocycles. The van der Waals surface area contributed by atoms with Gasteiger partial charge >= 0.3 is 5.97 Å². The smallest absolute Gasteiger partial charge is 0.307 e. The quantitative estimate of drug-likeness (QED) is 0.856. The average molecular weight is 261 g/mol. The molecule has 4 nitrogen and oxygen atoms in total. The molecule has 2 N–H and O–H groups in total. The number of rotatable bonds is 5. The van der Waals surface area contributed by atoms with Gasteiger partial charge in [-0.2, -0.15) is 0 Å². The summed E-state index contributed by atoms with van der Waals surface area (Å²) in [5.41, 5.74) is 1.98. The summed E-state index contributed by atoms with van der Waals surface area (Å²) >= 11 is 0. The van der Waals surface area contributed by atoms with Crippen LogP contribution in [0.4, 0.5) is 5.69 Å². The first-order valence-electron chi connectivity index (χ1n) is 6.66. The highest BCUT2D eigenvalue weighted by Gasteiger charge is 2.48. The van der Waals surface area contributed by atoms with Crippen LogP contribution < -0.4 is 5.32 Å². The Bertz CT molecular complexity index is 481. The summed E-state index contributed by atoms with van der Waals surface area (Å²) in [7, 11) is 0. The second-order valence-corrected chi connectivity index (χ2v) is 5.21. The monoisotopic (exact) mass is 261 g/mol. The predicted octanol–water partition coefficient (Wildman–Crippen LogP) is 2.86. The highest BCUT2D eigenvalue weighted by molar-refractivity contribution is 5.98. The van der Waals surface area contributed by atoms with E-state index in [0.29, 0.717) is 12.3 Å². The maximum Gasteiger partial charge on any atom is 0.307 e. The Labute approximate surface area is 112 Å². The standard InChI is InChI=1S/C15H19NO3/c1-3-9(2)10-4-6-11(7-5-10)16-14(17)12-8-13(12)15(18)19/h4-7,9,12-13H,3,8H2,1-2H3,(H,16,17)(H,18,19)/t9?,12-,13+/m1/s1. The van der Waals surface area contributed by atoms with Crippen molar-refractivity contribution in [2.45, 2.75) is 32.6 Å². The number of carboxylic acid groups (broad SMARTS) is 1. The SMILES string of the molecule is CCC(C)c1ccc(NC(=O)[C@@H]2C[C@@H]2C(=O)O)cc1. The zero-order valence-corrected chi connectivity index (χ0v) is 11.2. The van der Waals surface area contributed by atoms with Crippen LogP contribution in [0.25, 0.3) is 0 Å².